The minimum atomic E-state index is -0.386. The van der Waals surface area contributed by atoms with Gasteiger partial charge in [-0.25, -0.2) is 9.37 Å². The summed E-state index contributed by atoms with van der Waals surface area (Å²) in [5, 5.41) is 8.69. The molecule has 6 rings (SSSR count). The van der Waals surface area contributed by atoms with Crippen LogP contribution in [-0.2, 0) is 0 Å². The number of pyridine rings is 1. The summed E-state index contributed by atoms with van der Waals surface area (Å²) in [6, 6.07) is 4.69. The zero-order valence-electron chi connectivity index (χ0n) is 22.1. The van der Waals surface area contributed by atoms with Gasteiger partial charge in [0.05, 0.1) is 34.5 Å². The average molecular weight is 538 g/mol. The Labute approximate surface area is 229 Å². The van der Waals surface area contributed by atoms with E-state index in [0.29, 0.717) is 68.0 Å². The van der Waals surface area contributed by atoms with E-state index in [-0.39, 0.29) is 5.82 Å². The summed E-state index contributed by atoms with van der Waals surface area (Å²) in [7, 11) is 1.69. The van der Waals surface area contributed by atoms with Crippen molar-refractivity contribution in [3.05, 3.63) is 71.3 Å². The number of aromatic amines is 2. The lowest BCUT2D eigenvalue weighted by Crippen LogP contribution is -2.25. The summed E-state index contributed by atoms with van der Waals surface area (Å²) in [6.07, 6.45) is 12.5. The highest BCUT2D eigenvalue weighted by Crippen LogP contribution is 2.31. The van der Waals surface area contributed by atoms with Crippen molar-refractivity contribution in [3.63, 3.8) is 0 Å². The van der Waals surface area contributed by atoms with Crippen LogP contribution in [0.4, 0.5) is 4.39 Å². The summed E-state index contributed by atoms with van der Waals surface area (Å²) in [5.41, 5.74) is 4.43. The molecule has 0 saturated carbocycles. The second kappa shape index (κ2) is 11.1. The molecule has 10 nitrogen and oxygen atoms in total. The molecule has 1 fully saturated rings. The van der Waals surface area contributed by atoms with Crippen LogP contribution >= 0.6 is 0 Å². The lowest BCUT2D eigenvalue weighted by atomic mass is 10.1. The molecule has 1 aliphatic heterocycles. The molecule has 11 heteroatoms. The molecule has 0 unspecified atom stereocenters. The molecule has 1 aliphatic rings. The van der Waals surface area contributed by atoms with Crippen molar-refractivity contribution in [1.29, 1.82) is 0 Å². The fourth-order valence-corrected chi connectivity index (χ4v) is 4.90. The quantitative estimate of drug-likeness (QED) is 0.292. The van der Waals surface area contributed by atoms with Gasteiger partial charge in [0.2, 0.25) is 0 Å². The van der Waals surface area contributed by atoms with Gasteiger partial charge in [-0.3, -0.25) is 29.9 Å². The summed E-state index contributed by atoms with van der Waals surface area (Å²) in [5.74, 6) is 0.598. The molecular formula is C29H28FN9O. The van der Waals surface area contributed by atoms with Crippen molar-refractivity contribution < 1.29 is 9.13 Å². The Hall–Kier alpha value is -4.77. The molecule has 4 aromatic heterocycles. The number of hydrogen-bond donors (Lipinski definition) is 2. The summed E-state index contributed by atoms with van der Waals surface area (Å²) in [4.78, 5) is 27.7. The van der Waals surface area contributed by atoms with Crippen molar-refractivity contribution in [3.8, 4) is 28.4 Å². The number of fused-ring (bicyclic) bond motifs is 1. The zero-order valence-corrected chi connectivity index (χ0v) is 22.1. The molecular weight excluding hydrogens is 509 g/mol. The predicted octanol–water partition coefficient (Wildman–Crippen LogP) is 2.73. The first-order valence-electron chi connectivity index (χ1n) is 13.1. The van der Waals surface area contributed by atoms with E-state index in [4.69, 9.17) is 9.72 Å². The molecule has 202 valence electrons. The number of nitrogens with zero attached hydrogens (tertiary/aromatic N) is 7. The monoisotopic (exact) mass is 537 g/mol. The standard InChI is InChI=1S/C29H28FN9O/c1-18-22(14-24(31-2)25-16-32-5-6-34-25)28(38-37-18)29-35-26-17-33-15-23(27(26)36-29)19-11-20(30)13-21(12-19)40-10-9-39-7-3-4-8-39/h5-6,11-17,37H,1,3-4,7-10H2,2H3,(H,35,36)/b22-14+,31-24?. The molecule has 2 N–H and O–H groups in total. The molecule has 0 spiro atoms. The summed E-state index contributed by atoms with van der Waals surface area (Å²) in [6.45, 7) is 7.58. The zero-order chi connectivity index (χ0) is 27.5. The number of halogens is 1. The van der Waals surface area contributed by atoms with Gasteiger partial charge in [0.25, 0.3) is 0 Å². The van der Waals surface area contributed by atoms with Crippen LogP contribution in [-0.4, -0.2) is 79.0 Å². The molecule has 0 radical (unpaired) electrons. The van der Waals surface area contributed by atoms with Crippen molar-refractivity contribution >= 4 is 29.4 Å². The van der Waals surface area contributed by atoms with E-state index in [2.05, 4.69) is 46.6 Å². The van der Waals surface area contributed by atoms with E-state index in [1.54, 1.807) is 38.0 Å². The lowest BCUT2D eigenvalue weighted by molar-refractivity contribution is 0.237. The van der Waals surface area contributed by atoms with E-state index < -0.39 is 0 Å². The Balaban J connectivity index is 1.35. The van der Waals surface area contributed by atoms with Gasteiger partial charge in [0.1, 0.15) is 29.6 Å². The number of imidazole rings is 1. The molecule has 0 atom stereocenters. The van der Waals surface area contributed by atoms with Gasteiger partial charge >= 0.3 is 0 Å². The Morgan fingerprint density at radius 2 is 2.02 bits per heavy atom. The van der Waals surface area contributed by atoms with Crippen molar-refractivity contribution in [2.45, 2.75) is 12.8 Å². The second-order valence-electron chi connectivity index (χ2n) is 9.55. The normalized spacial score (nSPS) is 14.8. The minimum Gasteiger partial charge on any atom is -0.492 e. The summed E-state index contributed by atoms with van der Waals surface area (Å²) < 4.78 is 20.6. The van der Waals surface area contributed by atoms with Crippen LogP contribution in [0.2, 0.25) is 0 Å². The number of H-pyrrole nitrogens is 2. The van der Waals surface area contributed by atoms with Crippen molar-refractivity contribution in [2.75, 3.05) is 33.3 Å². The third kappa shape index (κ3) is 5.23. The van der Waals surface area contributed by atoms with Gasteiger partial charge in [-0.1, -0.05) is 6.58 Å². The number of aliphatic imine (C=N–C) groups is 1. The van der Waals surface area contributed by atoms with Crippen molar-refractivity contribution in [1.82, 2.24) is 40.0 Å². The molecule has 1 aromatic carbocycles. The molecule has 40 heavy (non-hydrogen) atoms. The first kappa shape index (κ1) is 25.5. The highest BCUT2D eigenvalue weighted by molar-refractivity contribution is 6.20. The maximum atomic E-state index is 14.7. The van der Waals surface area contributed by atoms with E-state index in [1.807, 2.05) is 12.1 Å². The minimum absolute atomic E-state index is 0.386. The molecule has 5 heterocycles. The van der Waals surface area contributed by atoms with Crippen molar-refractivity contribution in [2.24, 2.45) is 4.99 Å². The first-order valence-corrected chi connectivity index (χ1v) is 13.1. The van der Waals surface area contributed by atoms with Gasteiger partial charge in [0.15, 0.2) is 5.82 Å². The van der Waals surface area contributed by atoms with E-state index >= 15 is 0 Å². The molecule has 1 saturated heterocycles. The van der Waals surface area contributed by atoms with E-state index in [9.17, 15) is 4.39 Å². The number of nitrogens with one attached hydrogen (secondary N) is 2. The van der Waals surface area contributed by atoms with Crippen LogP contribution in [0.3, 0.4) is 0 Å². The van der Waals surface area contributed by atoms with Crippen LogP contribution in [0.5, 0.6) is 5.75 Å². The van der Waals surface area contributed by atoms with Gasteiger partial charge in [-0.05, 0) is 49.7 Å². The predicted molar refractivity (Wildman–Crippen MR) is 152 cm³/mol. The molecule has 0 aliphatic carbocycles. The van der Waals surface area contributed by atoms with E-state index in [0.717, 1.165) is 19.6 Å². The Morgan fingerprint density at radius 3 is 2.83 bits per heavy atom. The average Bonchev–Trinajstić information content (AvgIpc) is 3.72. The molecule has 0 bridgehead atoms. The molecule has 0 amide bonds. The van der Waals surface area contributed by atoms with Crippen LogP contribution < -0.4 is 15.3 Å². The summed E-state index contributed by atoms with van der Waals surface area (Å²) >= 11 is 0. The third-order valence-electron chi connectivity index (χ3n) is 6.91. The maximum Gasteiger partial charge on any atom is 0.159 e. The smallest absolute Gasteiger partial charge is 0.159 e. The Morgan fingerprint density at radius 1 is 1.15 bits per heavy atom. The number of benzene rings is 1. The SMILES string of the molecule is C=c1[nH]nc(-c2nc3c(-c4cc(F)cc(OCCN5CCCC5)c4)cncc3[nH]2)/c1=C/C(=NC)c1cnccn1. The van der Waals surface area contributed by atoms with Gasteiger partial charge in [-0.2, -0.15) is 5.10 Å². The highest BCUT2D eigenvalue weighted by atomic mass is 19.1. The number of aromatic nitrogens is 7. The molecule has 5 aromatic rings. The topological polar surface area (TPSA) is 121 Å². The Bertz CT molecular complexity index is 1790. The van der Waals surface area contributed by atoms with Gasteiger partial charge in [0, 0.05) is 49.0 Å². The largest absolute Gasteiger partial charge is 0.492 e. The number of ether oxygens (including phenoxy) is 1. The lowest BCUT2D eigenvalue weighted by Gasteiger charge is -2.15. The van der Waals surface area contributed by atoms with Crippen LogP contribution in [0.25, 0.3) is 46.3 Å². The number of rotatable bonds is 8. The number of likely N-dealkylation sites (tertiary alicyclic amines) is 1. The second-order valence-corrected chi connectivity index (χ2v) is 9.55. The van der Waals surface area contributed by atoms with Crippen LogP contribution in [0, 0.1) is 5.82 Å². The maximum absolute atomic E-state index is 14.7. The van der Waals surface area contributed by atoms with Gasteiger partial charge in [-0.15, -0.1) is 0 Å². The van der Waals surface area contributed by atoms with Crippen LogP contribution in [0.15, 0.2) is 54.2 Å². The van der Waals surface area contributed by atoms with E-state index in [1.165, 1.54) is 25.0 Å². The first-order chi connectivity index (χ1) is 19.6. The number of hydrogen-bond acceptors (Lipinski definition) is 8. The fraction of sp³-hybridized carbons (Fsp3) is 0.241. The third-order valence-corrected chi connectivity index (χ3v) is 6.91. The van der Waals surface area contributed by atoms with Crippen LogP contribution in [0.1, 0.15) is 18.5 Å². The van der Waals surface area contributed by atoms with Gasteiger partial charge < -0.3 is 9.72 Å². The Kier molecular flexibility index (Phi) is 7.11. The fourth-order valence-electron chi connectivity index (χ4n) is 4.90. The highest BCUT2D eigenvalue weighted by Gasteiger charge is 2.16.